The number of hydrogen-bond acceptors (Lipinski definition) is 4. The van der Waals surface area contributed by atoms with Crippen molar-refractivity contribution in [2.45, 2.75) is 4.90 Å². The molecule has 0 saturated carbocycles. The average molecular weight is 355 g/mol. The zero-order chi connectivity index (χ0) is 18.0. The highest BCUT2D eigenvalue weighted by Gasteiger charge is 2.23. The van der Waals surface area contributed by atoms with Crippen molar-refractivity contribution in [3.05, 3.63) is 72.3 Å². The number of esters is 1. The highest BCUT2D eigenvalue weighted by Crippen LogP contribution is 2.28. The lowest BCUT2D eigenvalue weighted by molar-refractivity contribution is 0.0601. The van der Waals surface area contributed by atoms with Crippen LogP contribution in [0.4, 0.5) is 5.69 Å². The topological polar surface area (TPSA) is 63.7 Å². The van der Waals surface area contributed by atoms with Crippen LogP contribution in [0.15, 0.2) is 71.6 Å². The van der Waals surface area contributed by atoms with E-state index in [-0.39, 0.29) is 4.90 Å². The molecule has 0 aliphatic carbocycles. The fraction of sp³-hybridized carbons (Fsp3) is 0.105. The summed E-state index contributed by atoms with van der Waals surface area (Å²) < 4.78 is 32.0. The molecule has 3 rings (SSSR count). The molecule has 3 aromatic rings. The van der Waals surface area contributed by atoms with Gasteiger partial charge in [0.25, 0.3) is 10.0 Å². The number of sulfonamides is 1. The number of fused-ring (bicyclic) bond motifs is 1. The first-order chi connectivity index (χ1) is 11.9. The van der Waals surface area contributed by atoms with Crippen LogP contribution in [0.3, 0.4) is 0 Å². The number of methoxy groups -OCH3 is 1. The van der Waals surface area contributed by atoms with Gasteiger partial charge in [0, 0.05) is 12.4 Å². The predicted octanol–water partition coefficient (Wildman–Crippen LogP) is 3.45. The van der Waals surface area contributed by atoms with E-state index in [1.807, 2.05) is 24.3 Å². The molecule has 0 N–H and O–H groups in total. The molecule has 0 spiro atoms. The van der Waals surface area contributed by atoms with E-state index in [0.29, 0.717) is 16.6 Å². The van der Waals surface area contributed by atoms with E-state index >= 15 is 0 Å². The Labute approximate surface area is 146 Å². The summed E-state index contributed by atoms with van der Waals surface area (Å²) in [5, 5.41) is 1.53. The van der Waals surface area contributed by atoms with Gasteiger partial charge in [-0.1, -0.05) is 36.4 Å². The molecule has 0 radical (unpaired) electrons. The first kappa shape index (κ1) is 17.0. The van der Waals surface area contributed by atoms with Crippen molar-refractivity contribution in [1.82, 2.24) is 0 Å². The van der Waals surface area contributed by atoms with Crippen LogP contribution in [0.1, 0.15) is 10.4 Å². The third kappa shape index (κ3) is 3.08. The van der Waals surface area contributed by atoms with E-state index in [9.17, 15) is 13.2 Å². The Kier molecular flexibility index (Phi) is 4.46. The Balaban J connectivity index is 2.03. The van der Waals surface area contributed by atoms with Crippen molar-refractivity contribution in [2.75, 3.05) is 18.5 Å². The molecule has 0 aliphatic heterocycles. The molecule has 0 heterocycles. The van der Waals surface area contributed by atoms with Crippen LogP contribution in [0.5, 0.6) is 0 Å². The molecule has 0 aliphatic rings. The number of ether oxygens (including phenoxy) is 1. The first-order valence-electron chi connectivity index (χ1n) is 7.60. The summed E-state index contributed by atoms with van der Waals surface area (Å²) in [5.74, 6) is -0.467. The lowest BCUT2D eigenvalue weighted by atomic mass is 10.1. The molecule has 5 nitrogen and oxygen atoms in total. The van der Waals surface area contributed by atoms with Crippen LogP contribution in [-0.4, -0.2) is 28.5 Å². The molecule has 128 valence electrons. The molecule has 0 atom stereocenters. The molecular weight excluding hydrogens is 338 g/mol. The van der Waals surface area contributed by atoms with Crippen LogP contribution in [-0.2, 0) is 14.8 Å². The third-order valence-corrected chi connectivity index (χ3v) is 5.88. The Morgan fingerprint density at radius 2 is 1.56 bits per heavy atom. The Morgan fingerprint density at radius 1 is 0.920 bits per heavy atom. The maximum atomic E-state index is 13.1. The molecular formula is C19H17NO4S. The lowest BCUT2D eigenvalue weighted by Crippen LogP contribution is -2.26. The average Bonchev–Trinajstić information content (AvgIpc) is 2.66. The minimum absolute atomic E-state index is 0.241. The molecule has 25 heavy (non-hydrogen) atoms. The van der Waals surface area contributed by atoms with E-state index in [0.717, 1.165) is 5.39 Å². The van der Waals surface area contributed by atoms with E-state index in [2.05, 4.69) is 4.74 Å². The van der Waals surface area contributed by atoms with Crippen molar-refractivity contribution in [1.29, 1.82) is 0 Å². The van der Waals surface area contributed by atoms with Crippen LogP contribution < -0.4 is 4.31 Å². The standard InChI is InChI=1S/C19H17NO4S/c1-20(16-12-10-15(11-13-16)19(21)24-2)25(22,23)18-9-5-7-14-6-3-4-8-17(14)18/h3-13H,1-2H3. The van der Waals surface area contributed by atoms with Gasteiger partial charge in [-0.25, -0.2) is 13.2 Å². The van der Waals surface area contributed by atoms with Gasteiger partial charge in [0.15, 0.2) is 0 Å². The minimum Gasteiger partial charge on any atom is -0.465 e. The van der Waals surface area contributed by atoms with Crippen molar-refractivity contribution >= 4 is 32.5 Å². The maximum Gasteiger partial charge on any atom is 0.337 e. The lowest BCUT2D eigenvalue weighted by Gasteiger charge is -2.20. The fourth-order valence-corrected chi connectivity index (χ4v) is 4.04. The molecule has 0 unspecified atom stereocenters. The van der Waals surface area contributed by atoms with Crippen molar-refractivity contribution in [3.8, 4) is 0 Å². The second-order valence-electron chi connectivity index (χ2n) is 5.49. The number of anilines is 1. The summed E-state index contributed by atoms with van der Waals surface area (Å²) in [6.45, 7) is 0. The highest BCUT2D eigenvalue weighted by atomic mass is 32.2. The van der Waals surface area contributed by atoms with Gasteiger partial charge in [-0.15, -0.1) is 0 Å². The zero-order valence-corrected chi connectivity index (χ0v) is 14.7. The normalized spacial score (nSPS) is 11.3. The second-order valence-corrected chi connectivity index (χ2v) is 7.43. The second kappa shape index (κ2) is 6.57. The van der Waals surface area contributed by atoms with Gasteiger partial charge in [0.05, 0.1) is 23.3 Å². The Bertz CT molecular complexity index is 1020. The number of carbonyl (C=O) groups excluding carboxylic acids is 1. The summed E-state index contributed by atoms with van der Waals surface area (Å²) in [5.41, 5.74) is 0.822. The summed E-state index contributed by atoms with van der Waals surface area (Å²) in [7, 11) is -0.951. The molecule has 0 amide bonds. The van der Waals surface area contributed by atoms with Crippen LogP contribution in [0.2, 0.25) is 0 Å². The van der Waals surface area contributed by atoms with Gasteiger partial charge in [-0.3, -0.25) is 4.31 Å². The Hall–Kier alpha value is -2.86. The SMILES string of the molecule is COC(=O)c1ccc(N(C)S(=O)(=O)c2cccc3ccccc23)cc1. The number of benzene rings is 3. The van der Waals surface area contributed by atoms with Gasteiger partial charge >= 0.3 is 5.97 Å². The van der Waals surface area contributed by atoms with Crippen LogP contribution in [0.25, 0.3) is 10.8 Å². The number of hydrogen-bond donors (Lipinski definition) is 0. The van der Waals surface area contributed by atoms with Crippen LogP contribution in [0, 0.1) is 0 Å². The number of rotatable bonds is 4. The van der Waals surface area contributed by atoms with Gasteiger partial charge in [-0.2, -0.15) is 0 Å². The first-order valence-corrected chi connectivity index (χ1v) is 9.04. The van der Waals surface area contributed by atoms with Gasteiger partial charge in [0.2, 0.25) is 0 Å². The van der Waals surface area contributed by atoms with E-state index < -0.39 is 16.0 Å². The van der Waals surface area contributed by atoms with Crippen LogP contribution >= 0.6 is 0 Å². The van der Waals surface area contributed by atoms with Crippen molar-refractivity contribution in [2.24, 2.45) is 0 Å². The summed E-state index contributed by atoms with van der Waals surface area (Å²) in [6, 6.07) is 18.8. The highest BCUT2D eigenvalue weighted by molar-refractivity contribution is 7.93. The van der Waals surface area contributed by atoms with E-state index in [4.69, 9.17) is 0 Å². The number of nitrogens with zero attached hydrogens (tertiary/aromatic N) is 1. The molecule has 3 aromatic carbocycles. The molecule has 0 fully saturated rings. The predicted molar refractivity (Wildman–Crippen MR) is 97.3 cm³/mol. The van der Waals surface area contributed by atoms with Crippen molar-refractivity contribution in [3.63, 3.8) is 0 Å². The fourth-order valence-electron chi connectivity index (χ4n) is 2.63. The minimum atomic E-state index is -3.74. The summed E-state index contributed by atoms with van der Waals surface area (Å²) in [4.78, 5) is 11.7. The quantitative estimate of drug-likeness (QED) is 0.673. The molecule has 6 heteroatoms. The number of carbonyl (C=O) groups is 1. The van der Waals surface area contributed by atoms with E-state index in [1.54, 1.807) is 30.3 Å². The third-order valence-electron chi connectivity index (χ3n) is 4.04. The van der Waals surface area contributed by atoms with Gasteiger partial charge in [0.1, 0.15) is 0 Å². The summed E-state index contributed by atoms with van der Waals surface area (Å²) >= 11 is 0. The van der Waals surface area contributed by atoms with Gasteiger partial charge < -0.3 is 4.74 Å². The largest absolute Gasteiger partial charge is 0.465 e. The summed E-state index contributed by atoms with van der Waals surface area (Å²) in [6.07, 6.45) is 0. The smallest absolute Gasteiger partial charge is 0.337 e. The zero-order valence-electron chi connectivity index (χ0n) is 13.8. The van der Waals surface area contributed by atoms with Gasteiger partial charge in [-0.05, 0) is 35.7 Å². The Morgan fingerprint density at radius 3 is 2.24 bits per heavy atom. The van der Waals surface area contributed by atoms with Crippen molar-refractivity contribution < 1.29 is 17.9 Å². The maximum absolute atomic E-state index is 13.1. The molecule has 0 bridgehead atoms. The monoisotopic (exact) mass is 355 g/mol. The van der Waals surface area contributed by atoms with E-state index in [1.165, 1.54) is 30.6 Å². The molecule has 0 aromatic heterocycles. The molecule has 0 saturated heterocycles.